The van der Waals surface area contributed by atoms with Crippen LogP contribution >= 0.6 is 46.3 Å². The Labute approximate surface area is 188 Å². The summed E-state index contributed by atoms with van der Waals surface area (Å²) in [7, 11) is 0. The molecule has 1 aliphatic rings. The molecular weight excluding hydrogens is 478 g/mol. The van der Waals surface area contributed by atoms with Gasteiger partial charge in [-0.15, -0.1) is 16.4 Å². The van der Waals surface area contributed by atoms with Crippen LogP contribution in [0.2, 0.25) is 10.0 Å². The van der Waals surface area contributed by atoms with Crippen molar-refractivity contribution >= 4 is 46.3 Å². The first-order chi connectivity index (χ1) is 14.4. The number of aromatic nitrogens is 4. The minimum atomic E-state index is -1.26. The monoisotopic (exact) mass is 492 g/mol. The predicted octanol–water partition coefficient (Wildman–Crippen LogP) is 2.62. The van der Waals surface area contributed by atoms with Crippen molar-refractivity contribution in [1.29, 1.82) is 0 Å². The Balaban J connectivity index is 1.62. The Morgan fingerprint density at radius 2 is 1.93 bits per heavy atom. The van der Waals surface area contributed by atoms with Gasteiger partial charge in [-0.05, 0) is 12.1 Å². The highest BCUT2D eigenvalue weighted by Gasteiger charge is 2.46. The molecule has 4 rings (SSSR count). The second-order valence-electron chi connectivity index (χ2n) is 6.47. The number of ether oxygens (including phenoxy) is 1. The van der Waals surface area contributed by atoms with Crippen LogP contribution in [-0.2, 0) is 4.74 Å². The van der Waals surface area contributed by atoms with Crippen LogP contribution in [0, 0.1) is 5.82 Å². The summed E-state index contributed by atoms with van der Waals surface area (Å²) in [6.07, 6.45) is -1.94. The standard InChI is InChI=1S/C17H15Cl2FN4O4S2/c18-8-1-7(2-9(19)13(8)20)30-17-16(27)14(15(26)12(4-25)28-17)24-3-10(22-23-24)11-5-29-6-21-11/h1-3,5-6,12,14-17,25-27H,4H2/t12?,14-,15-,16?,17+/m0/s1. The molecule has 5 atom stereocenters. The predicted molar refractivity (Wildman–Crippen MR) is 110 cm³/mol. The summed E-state index contributed by atoms with van der Waals surface area (Å²) in [5, 5.41) is 40.8. The van der Waals surface area contributed by atoms with Crippen molar-refractivity contribution < 1.29 is 24.4 Å². The number of nitrogens with zero attached hydrogens (tertiary/aromatic N) is 4. The van der Waals surface area contributed by atoms with Crippen LogP contribution in [0.3, 0.4) is 0 Å². The lowest BCUT2D eigenvalue weighted by molar-refractivity contribution is -0.178. The number of hydrogen-bond acceptors (Lipinski definition) is 9. The Kier molecular flexibility index (Phi) is 6.61. The molecule has 1 fully saturated rings. The number of benzene rings is 1. The van der Waals surface area contributed by atoms with Crippen molar-refractivity contribution in [2.45, 2.75) is 34.7 Å². The molecule has 0 amide bonds. The van der Waals surface area contributed by atoms with Crippen LogP contribution in [0.4, 0.5) is 4.39 Å². The van der Waals surface area contributed by atoms with Gasteiger partial charge in [0.2, 0.25) is 0 Å². The van der Waals surface area contributed by atoms with Crippen molar-refractivity contribution in [2.75, 3.05) is 6.61 Å². The van der Waals surface area contributed by atoms with Crippen molar-refractivity contribution in [1.82, 2.24) is 20.0 Å². The maximum Gasteiger partial charge on any atom is 0.160 e. The fourth-order valence-corrected chi connectivity index (χ4v) is 5.39. The number of rotatable bonds is 5. The number of aliphatic hydroxyl groups is 3. The first-order valence-electron chi connectivity index (χ1n) is 8.63. The van der Waals surface area contributed by atoms with Crippen LogP contribution in [-0.4, -0.2) is 65.7 Å². The third kappa shape index (κ3) is 4.21. The molecule has 2 unspecified atom stereocenters. The van der Waals surface area contributed by atoms with Crippen LogP contribution < -0.4 is 0 Å². The highest BCUT2D eigenvalue weighted by molar-refractivity contribution is 7.99. The van der Waals surface area contributed by atoms with Gasteiger partial charge in [0, 0.05) is 10.3 Å². The van der Waals surface area contributed by atoms with E-state index in [1.165, 1.54) is 28.2 Å². The molecule has 0 radical (unpaired) electrons. The first kappa shape index (κ1) is 21.9. The molecule has 3 heterocycles. The van der Waals surface area contributed by atoms with Gasteiger partial charge >= 0.3 is 0 Å². The molecule has 1 saturated heterocycles. The topological polar surface area (TPSA) is 114 Å². The molecule has 160 valence electrons. The third-order valence-corrected chi connectivity index (χ3v) is 6.84. The minimum Gasteiger partial charge on any atom is -0.394 e. The zero-order chi connectivity index (χ0) is 21.4. The highest BCUT2D eigenvalue weighted by atomic mass is 35.5. The molecule has 3 N–H and O–H groups in total. The lowest BCUT2D eigenvalue weighted by atomic mass is 9.97. The Bertz CT molecular complexity index is 1000. The van der Waals surface area contributed by atoms with Gasteiger partial charge in [0.1, 0.15) is 41.2 Å². The fraction of sp³-hybridized carbons (Fsp3) is 0.353. The molecular formula is C17H15Cl2FN4O4S2. The summed E-state index contributed by atoms with van der Waals surface area (Å²) in [5.74, 6) is -0.744. The van der Waals surface area contributed by atoms with E-state index in [0.717, 1.165) is 11.8 Å². The average molecular weight is 493 g/mol. The van der Waals surface area contributed by atoms with E-state index in [4.69, 9.17) is 27.9 Å². The van der Waals surface area contributed by atoms with Crippen molar-refractivity contribution in [3.05, 3.63) is 45.1 Å². The molecule has 0 saturated carbocycles. The summed E-state index contributed by atoms with van der Waals surface area (Å²) < 4.78 is 20.7. The fourth-order valence-electron chi connectivity index (χ4n) is 3.09. The van der Waals surface area contributed by atoms with E-state index >= 15 is 0 Å². The molecule has 0 spiro atoms. The van der Waals surface area contributed by atoms with E-state index in [2.05, 4.69) is 15.3 Å². The normalized spacial score (nSPS) is 26.8. The molecule has 0 aliphatic carbocycles. The third-order valence-electron chi connectivity index (χ3n) is 4.57. The van der Waals surface area contributed by atoms with Gasteiger partial charge in [0.15, 0.2) is 5.82 Å². The quantitative estimate of drug-likeness (QED) is 0.465. The second-order valence-corrected chi connectivity index (χ2v) is 9.18. The zero-order valence-electron chi connectivity index (χ0n) is 15.0. The van der Waals surface area contributed by atoms with Gasteiger partial charge in [-0.3, -0.25) is 0 Å². The molecule has 2 aromatic heterocycles. The summed E-state index contributed by atoms with van der Waals surface area (Å²) in [6, 6.07) is 1.75. The van der Waals surface area contributed by atoms with E-state index in [1.807, 2.05) is 0 Å². The highest BCUT2D eigenvalue weighted by Crippen LogP contribution is 2.40. The molecule has 8 nitrogen and oxygen atoms in total. The number of hydrogen-bond donors (Lipinski definition) is 3. The summed E-state index contributed by atoms with van der Waals surface area (Å²) in [5.41, 5.74) is 1.81. The van der Waals surface area contributed by atoms with Crippen molar-refractivity contribution in [2.24, 2.45) is 0 Å². The van der Waals surface area contributed by atoms with E-state index < -0.39 is 42.2 Å². The van der Waals surface area contributed by atoms with Gasteiger partial charge in [-0.25, -0.2) is 14.1 Å². The first-order valence-corrected chi connectivity index (χ1v) is 11.2. The van der Waals surface area contributed by atoms with Crippen LogP contribution in [0.5, 0.6) is 0 Å². The lowest BCUT2D eigenvalue weighted by Crippen LogP contribution is -2.55. The number of thiazole rings is 1. The summed E-state index contributed by atoms with van der Waals surface area (Å²) in [6.45, 7) is -0.486. The summed E-state index contributed by atoms with van der Waals surface area (Å²) in [4.78, 5) is 4.61. The van der Waals surface area contributed by atoms with Crippen molar-refractivity contribution in [3.63, 3.8) is 0 Å². The van der Waals surface area contributed by atoms with Gasteiger partial charge in [0.05, 0.1) is 28.4 Å². The van der Waals surface area contributed by atoms with Gasteiger partial charge < -0.3 is 20.1 Å². The largest absolute Gasteiger partial charge is 0.394 e. The summed E-state index contributed by atoms with van der Waals surface area (Å²) >= 11 is 14.1. The van der Waals surface area contributed by atoms with E-state index in [1.54, 1.807) is 17.1 Å². The van der Waals surface area contributed by atoms with Crippen molar-refractivity contribution in [3.8, 4) is 11.4 Å². The van der Waals surface area contributed by atoms with Gasteiger partial charge in [-0.1, -0.05) is 40.2 Å². The second kappa shape index (κ2) is 9.05. The van der Waals surface area contributed by atoms with Gasteiger partial charge in [-0.2, -0.15) is 0 Å². The van der Waals surface area contributed by atoms with E-state index in [-0.39, 0.29) is 10.0 Å². The van der Waals surface area contributed by atoms with Crippen LogP contribution in [0.25, 0.3) is 11.4 Å². The maximum absolute atomic E-state index is 13.7. The Hall–Kier alpha value is -1.31. The molecule has 1 aromatic carbocycles. The number of thioether (sulfide) groups is 1. The van der Waals surface area contributed by atoms with Crippen LogP contribution in [0.15, 0.2) is 34.1 Å². The maximum atomic E-state index is 13.7. The smallest absolute Gasteiger partial charge is 0.160 e. The number of aliphatic hydroxyl groups excluding tert-OH is 3. The van der Waals surface area contributed by atoms with Crippen LogP contribution in [0.1, 0.15) is 6.04 Å². The molecule has 0 bridgehead atoms. The molecule has 3 aromatic rings. The van der Waals surface area contributed by atoms with E-state index in [0.29, 0.717) is 16.3 Å². The molecule has 1 aliphatic heterocycles. The molecule has 13 heteroatoms. The number of halogens is 3. The average Bonchev–Trinajstić information content (AvgIpc) is 3.40. The Morgan fingerprint density at radius 1 is 1.20 bits per heavy atom. The lowest BCUT2D eigenvalue weighted by Gasteiger charge is -2.41. The minimum absolute atomic E-state index is 0.172. The SMILES string of the molecule is OCC1O[C@H](Sc2cc(Cl)c(F)c(Cl)c2)C(O)[C@@H](n2cc(-c3cscn3)nn2)[C@H]1O. The Morgan fingerprint density at radius 3 is 2.57 bits per heavy atom. The van der Waals surface area contributed by atoms with E-state index in [9.17, 15) is 19.7 Å². The van der Waals surface area contributed by atoms with Gasteiger partial charge in [0.25, 0.3) is 0 Å². The molecule has 30 heavy (non-hydrogen) atoms. The zero-order valence-corrected chi connectivity index (χ0v) is 18.1.